The zero-order valence-electron chi connectivity index (χ0n) is 13.1. The maximum atomic E-state index is 13.7. The Bertz CT molecular complexity index is 548. The fourth-order valence-corrected chi connectivity index (χ4v) is 3.39. The van der Waals surface area contributed by atoms with Crippen molar-refractivity contribution in [3.8, 4) is 0 Å². The third-order valence-electron chi connectivity index (χ3n) is 5.19. The first kappa shape index (κ1) is 15.4. The topological polar surface area (TPSA) is 20.3 Å². The lowest BCUT2D eigenvalue weighted by atomic mass is 9.90. The predicted octanol–water partition coefficient (Wildman–Crippen LogP) is 3.94. The van der Waals surface area contributed by atoms with Gasteiger partial charge in [0.25, 0.3) is 0 Å². The lowest BCUT2D eigenvalue weighted by molar-refractivity contribution is -0.138. The van der Waals surface area contributed by atoms with Crippen molar-refractivity contribution in [3.63, 3.8) is 0 Å². The molecule has 1 aliphatic carbocycles. The molecule has 1 amide bonds. The minimum absolute atomic E-state index is 0.125. The highest BCUT2D eigenvalue weighted by Gasteiger charge is 2.47. The summed E-state index contributed by atoms with van der Waals surface area (Å²) >= 11 is 0. The molecule has 2 aliphatic rings. The van der Waals surface area contributed by atoms with Gasteiger partial charge in [-0.05, 0) is 56.6 Å². The van der Waals surface area contributed by atoms with Crippen LogP contribution in [0.2, 0.25) is 0 Å². The van der Waals surface area contributed by atoms with E-state index in [0.717, 1.165) is 45.2 Å². The molecular weight excluding hydrogens is 284 g/mol. The van der Waals surface area contributed by atoms with Gasteiger partial charge >= 0.3 is 0 Å². The summed E-state index contributed by atoms with van der Waals surface area (Å²) in [6.45, 7) is 3.61. The van der Waals surface area contributed by atoms with E-state index in [9.17, 15) is 13.6 Å². The number of halogens is 2. The van der Waals surface area contributed by atoms with Gasteiger partial charge in [0.1, 0.15) is 11.6 Å². The maximum Gasteiger partial charge on any atom is 0.228 e. The molecule has 2 nitrogen and oxygen atoms in total. The van der Waals surface area contributed by atoms with E-state index in [0.29, 0.717) is 12.3 Å². The number of carbonyl (C=O) groups is 1. The van der Waals surface area contributed by atoms with Gasteiger partial charge < -0.3 is 4.90 Å². The molecule has 1 heterocycles. The number of hydrogen-bond acceptors (Lipinski definition) is 1. The van der Waals surface area contributed by atoms with Gasteiger partial charge in [0.15, 0.2) is 0 Å². The van der Waals surface area contributed by atoms with Crippen LogP contribution in [0.4, 0.5) is 8.78 Å². The van der Waals surface area contributed by atoms with Gasteiger partial charge in [0.05, 0.1) is 0 Å². The van der Waals surface area contributed by atoms with Crippen molar-refractivity contribution in [3.05, 3.63) is 35.4 Å². The Hall–Kier alpha value is -1.45. The SMILES string of the molecule is CC1(C(=O)N2CCC[C@H](CCc3c(F)cccc3F)C2)CC1. The Morgan fingerprint density at radius 3 is 2.64 bits per heavy atom. The standard InChI is InChI=1S/C18H23F2NO/c1-18(9-10-18)17(22)21-11-3-4-13(12-21)7-8-14-15(19)5-2-6-16(14)20/h2,5-6,13H,3-4,7-12H2,1H3/t13-/m1/s1. The first-order valence-electron chi connectivity index (χ1n) is 8.22. The van der Waals surface area contributed by atoms with Crippen LogP contribution < -0.4 is 0 Å². The van der Waals surface area contributed by atoms with E-state index in [-0.39, 0.29) is 16.9 Å². The number of hydrogen-bond donors (Lipinski definition) is 0. The molecule has 0 radical (unpaired) electrons. The second-order valence-corrected chi connectivity index (χ2v) is 7.06. The quantitative estimate of drug-likeness (QED) is 0.825. The lowest BCUT2D eigenvalue weighted by Crippen LogP contribution is -2.43. The van der Waals surface area contributed by atoms with Crippen LogP contribution in [-0.2, 0) is 11.2 Å². The zero-order chi connectivity index (χ0) is 15.7. The van der Waals surface area contributed by atoms with E-state index >= 15 is 0 Å². The Morgan fingerprint density at radius 1 is 1.32 bits per heavy atom. The molecule has 1 saturated heterocycles. The highest BCUT2D eigenvalue weighted by molar-refractivity contribution is 5.85. The van der Waals surface area contributed by atoms with Gasteiger partial charge in [-0.1, -0.05) is 13.0 Å². The molecule has 0 spiro atoms. The average Bonchev–Trinajstić information content (AvgIpc) is 3.25. The molecule has 1 atom stereocenters. The number of carbonyl (C=O) groups excluding carboxylic acids is 1. The largest absolute Gasteiger partial charge is 0.342 e. The van der Waals surface area contributed by atoms with Crippen molar-refractivity contribution < 1.29 is 13.6 Å². The number of rotatable bonds is 4. The number of amides is 1. The highest BCUT2D eigenvalue weighted by atomic mass is 19.1. The molecule has 3 rings (SSSR count). The fraction of sp³-hybridized carbons (Fsp3) is 0.611. The minimum Gasteiger partial charge on any atom is -0.342 e. The summed E-state index contributed by atoms with van der Waals surface area (Å²) in [5.41, 5.74) is 0.0552. The molecule has 0 bridgehead atoms. The monoisotopic (exact) mass is 307 g/mol. The van der Waals surface area contributed by atoms with Crippen molar-refractivity contribution in [2.24, 2.45) is 11.3 Å². The van der Waals surface area contributed by atoms with Gasteiger partial charge in [-0.25, -0.2) is 8.78 Å². The number of nitrogens with zero attached hydrogens (tertiary/aromatic N) is 1. The normalized spacial score (nSPS) is 23.4. The van der Waals surface area contributed by atoms with Crippen LogP contribution in [0.25, 0.3) is 0 Å². The molecule has 1 aromatic carbocycles. The molecule has 0 unspecified atom stereocenters. The van der Waals surface area contributed by atoms with E-state index in [1.807, 2.05) is 11.8 Å². The Labute approximate surface area is 130 Å². The number of likely N-dealkylation sites (tertiary alicyclic amines) is 1. The smallest absolute Gasteiger partial charge is 0.228 e. The number of piperidine rings is 1. The van der Waals surface area contributed by atoms with Crippen LogP contribution >= 0.6 is 0 Å². The molecule has 1 saturated carbocycles. The fourth-order valence-electron chi connectivity index (χ4n) is 3.39. The summed E-state index contributed by atoms with van der Waals surface area (Å²) in [6.07, 6.45) is 5.16. The van der Waals surface area contributed by atoms with Crippen LogP contribution in [0.5, 0.6) is 0 Å². The third-order valence-corrected chi connectivity index (χ3v) is 5.19. The Balaban J connectivity index is 1.58. The van der Waals surface area contributed by atoms with Gasteiger partial charge in [-0.2, -0.15) is 0 Å². The zero-order valence-corrected chi connectivity index (χ0v) is 13.1. The molecule has 1 aliphatic heterocycles. The van der Waals surface area contributed by atoms with Crippen molar-refractivity contribution >= 4 is 5.91 Å². The Morgan fingerprint density at radius 2 is 2.00 bits per heavy atom. The first-order valence-corrected chi connectivity index (χ1v) is 8.22. The summed E-state index contributed by atoms with van der Waals surface area (Å²) in [6, 6.07) is 4.01. The molecule has 0 aromatic heterocycles. The summed E-state index contributed by atoms with van der Waals surface area (Å²) < 4.78 is 27.3. The highest BCUT2D eigenvalue weighted by Crippen LogP contribution is 2.47. The van der Waals surface area contributed by atoms with E-state index < -0.39 is 11.6 Å². The average molecular weight is 307 g/mol. The second kappa shape index (κ2) is 5.98. The van der Waals surface area contributed by atoms with Crippen LogP contribution in [0, 0.1) is 23.0 Å². The van der Waals surface area contributed by atoms with Gasteiger partial charge in [0, 0.05) is 24.1 Å². The summed E-state index contributed by atoms with van der Waals surface area (Å²) in [5.74, 6) is -0.309. The number of benzene rings is 1. The molecular formula is C18H23F2NO. The predicted molar refractivity (Wildman–Crippen MR) is 81.3 cm³/mol. The van der Waals surface area contributed by atoms with Crippen molar-refractivity contribution in [1.82, 2.24) is 4.90 Å². The van der Waals surface area contributed by atoms with Crippen molar-refractivity contribution in [2.75, 3.05) is 13.1 Å². The second-order valence-electron chi connectivity index (χ2n) is 7.06. The maximum absolute atomic E-state index is 13.7. The summed E-state index contributed by atoms with van der Waals surface area (Å²) in [5, 5.41) is 0. The third kappa shape index (κ3) is 3.16. The van der Waals surface area contributed by atoms with E-state index in [4.69, 9.17) is 0 Å². The summed E-state index contributed by atoms with van der Waals surface area (Å²) in [4.78, 5) is 14.4. The van der Waals surface area contributed by atoms with Crippen molar-refractivity contribution in [1.29, 1.82) is 0 Å². The molecule has 1 aromatic rings. The van der Waals surface area contributed by atoms with Crippen LogP contribution in [-0.4, -0.2) is 23.9 Å². The molecule has 22 heavy (non-hydrogen) atoms. The first-order chi connectivity index (χ1) is 10.5. The Kier molecular flexibility index (Phi) is 4.20. The molecule has 4 heteroatoms. The van der Waals surface area contributed by atoms with E-state index in [1.165, 1.54) is 18.2 Å². The van der Waals surface area contributed by atoms with Crippen LogP contribution in [0.15, 0.2) is 18.2 Å². The molecule has 2 fully saturated rings. The lowest BCUT2D eigenvalue weighted by Gasteiger charge is -2.34. The molecule has 120 valence electrons. The van der Waals surface area contributed by atoms with Crippen molar-refractivity contribution in [2.45, 2.75) is 45.4 Å². The van der Waals surface area contributed by atoms with Crippen LogP contribution in [0.3, 0.4) is 0 Å². The van der Waals surface area contributed by atoms with Gasteiger partial charge in [-0.3, -0.25) is 4.79 Å². The van der Waals surface area contributed by atoms with E-state index in [2.05, 4.69) is 0 Å². The minimum atomic E-state index is -0.464. The van der Waals surface area contributed by atoms with Crippen LogP contribution in [0.1, 0.15) is 44.6 Å². The van der Waals surface area contributed by atoms with Gasteiger partial charge in [-0.15, -0.1) is 0 Å². The van der Waals surface area contributed by atoms with Gasteiger partial charge in [0.2, 0.25) is 5.91 Å². The van der Waals surface area contributed by atoms with E-state index in [1.54, 1.807) is 0 Å². The summed E-state index contributed by atoms with van der Waals surface area (Å²) in [7, 11) is 0. The molecule has 0 N–H and O–H groups in total.